The summed E-state index contributed by atoms with van der Waals surface area (Å²) in [4.78, 5) is 4.12. The van der Waals surface area contributed by atoms with Gasteiger partial charge in [0.05, 0.1) is 5.56 Å². The van der Waals surface area contributed by atoms with Crippen LogP contribution in [0.5, 0.6) is 0 Å². The Morgan fingerprint density at radius 2 is 1.92 bits per heavy atom. The number of benzene rings is 2. The van der Waals surface area contributed by atoms with E-state index in [-0.39, 0.29) is 0 Å². The molecule has 0 spiro atoms. The van der Waals surface area contributed by atoms with Gasteiger partial charge in [-0.05, 0) is 35.4 Å². The zero-order valence-corrected chi connectivity index (χ0v) is 14.1. The molecular weight excluding hydrogens is 367 g/mol. The van der Waals surface area contributed by atoms with E-state index in [1.165, 1.54) is 12.4 Å². The molecule has 1 saturated heterocycles. The number of rotatable bonds is 4. The molecule has 2 aromatic carbocycles. The molecule has 134 valence electrons. The molecule has 0 amide bonds. The minimum absolute atomic E-state index is 0.332. The standard InChI is InChI=1S/C18H13ClF3N3O/c19-14-6-4-12(5-7-14)17(9-15-23-10-24-25-15)16(26-17)11-2-1-3-13(8-11)18(20,21)22/h1-8,10,16H,9H2,(H,23,24,25). The first-order valence-electron chi connectivity index (χ1n) is 7.84. The molecule has 26 heavy (non-hydrogen) atoms. The lowest BCUT2D eigenvalue weighted by atomic mass is 9.88. The highest BCUT2D eigenvalue weighted by Gasteiger charge is 2.59. The topological polar surface area (TPSA) is 54.1 Å². The van der Waals surface area contributed by atoms with E-state index < -0.39 is 23.4 Å². The average Bonchev–Trinajstić information content (AvgIpc) is 3.10. The summed E-state index contributed by atoms with van der Waals surface area (Å²) in [7, 11) is 0. The van der Waals surface area contributed by atoms with Crippen LogP contribution in [-0.2, 0) is 22.9 Å². The van der Waals surface area contributed by atoms with E-state index in [0.717, 1.165) is 17.7 Å². The van der Waals surface area contributed by atoms with E-state index in [0.29, 0.717) is 22.8 Å². The molecule has 1 fully saturated rings. The van der Waals surface area contributed by atoms with Gasteiger partial charge >= 0.3 is 6.18 Å². The van der Waals surface area contributed by atoms with Gasteiger partial charge in [0, 0.05) is 11.4 Å². The summed E-state index contributed by atoms with van der Waals surface area (Å²) in [5.74, 6) is 0.523. The maximum atomic E-state index is 13.0. The number of nitrogens with zero attached hydrogens (tertiary/aromatic N) is 2. The first-order valence-corrected chi connectivity index (χ1v) is 8.22. The Labute approximate surface area is 152 Å². The second kappa shape index (κ2) is 6.10. The smallest absolute Gasteiger partial charge is 0.355 e. The molecule has 4 nitrogen and oxygen atoms in total. The maximum Gasteiger partial charge on any atom is 0.416 e. The van der Waals surface area contributed by atoms with Crippen LogP contribution in [0.4, 0.5) is 13.2 Å². The Morgan fingerprint density at radius 3 is 2.58 bits per heavy atom. The van der Waals surface area contributed by atoms with Crippen molar-refractivity contribution in [3.63, 3.8) is 0 Å². The lowest BCUT2D eigenvalue weighted by Gasteiger charge is -2.13. The van der Waals surface area contributed by atoms with Gasteiger partial charge in [0.15, 0.2) is 5.82 Å². The Morgan fingerprint density at radius 1 is 1.15 bits per heavy atom. The summed E-state index contributed by atoms with van der Waals surface area (Å²) < 4.78 is 45.1. The molecule has 1 aliphatic rings. The van der Waals surface area contributed by atoms with Crippen LogP contribution in [0.2, 0.25) is 5.02 Å². The summed E-state index contributed by atoms with van der Waals surface area (Å²) in [5.41, 5.74) is -0.246. The van der Waals surface area contributed by atoms with Gasteiger partial charge in [-0.25, -0.2) is 4.98 Å². The van der Waals surface area contributed by atoms with Crippen LogP contribution in [0, 0.1) is 0 Å². The lowest BCUT2D eigenvalue weighted by Crippen LogP contribution is -2.15. The molecule has 0 radical (unpaired) electrons. The molecule has 2 atom stereocenters. The van der Waals surface area contributed by atoms with Crippen LogP contribution in [0.3, 0.4) is 0 Å². The minimum Gasteiger partial charge on any atom is -0.355 e. The zero-order chi connectivity index (χ0) is 18.4. The van der Waals surface area contributed by atoms with E-state index in [1.807, 2.05) is 12.1 Å². The molecule has 4 rings (SSSR count). The van der Waals surface area contributed by atoms with Crippen molar-refractivity contribution >= 4 is 11.6 Å². The summed E-state index contributed by atoms with van der Waals surface area (Å²) in [6.45, 7) is 0. The molecule has 1 aromatic heterocycles. The monoisotopic (exact) mass is 379 g/mol. The number of hydrogen-bond donors (Lipinski definition) is 1. The second-order valence-corrected chi connectivity index (χ2v) is 6.55. The Kier molecular flexibility index (Phi) is 4.00. The molecule has 2 heterocycles. The summed E-state index contributed by atoms with van der Waals surface area (Å²) in [6, 6.07) is 12.3. The van der Waals surface area contributed by atoms with E-state index in [1.54, 1.807) is 18.2 Å². The summed E-state index contributed by atoms with van der Waals surface area (Å²) >= 11 is 5.95. The molecule has 0 saturated carbocycles. The number of H-pyrrole nitrogens is 1. The van der Waals surface area contributed by atoms with Gasteiger partial charge in [0.25, 0.3) is 0 Å². The molecule has 0 bridgehead atoms. The van der Waals surface area contributed by atoms with Gasteiger partial charge in [-0.1, -0.05) is 35.9 Å². The molecule has 3 aromatic rings. The van der Waals surface area contributed by atoms with Gasteiger partial charge in [-0.2, -0.15) is 18.3 Å². The highest BCUT2D eigenvalue weighted by molar-refractivity contribution is 6.30. The van der Waals surface area contributed by atoms with Gasteiger partial charge in [-0.3, -0.25) is 5.10 Å². The predicted octanol–water partition coefficient (Wildman–Crippen LogP) is 4.69. The van der Waals surface area contributed by atoms with Gasteiger partial charge < -0.3 is 4.74 Å². The fraction of sp³-hybridized carbons (Fsp3) is 0.222. The van der Waals surface area contributed by atoms with Crippen LogP contribution < -0.4 is 0 Å². The molecule has 8 heteroatoms. The number of aromatic nitrogens is 3. The third-order valence-corrected chi connectivity index (χ3v) is 4.68. The molecule has 0 aliphatic carbocycles. The SMILES string of the molecule is FC(F)(F)c1cccc(C2OC2(Cc2nc[nH]n2)c2ccc(Cl)cc2)c1. The maximum absolute atomic E-state index is 13.0. The fourth-order valence-electron chi connectivity index (χ4n) is 3.14. The zero-order valence-electron chi connectivity index (χ0n) is 13.3. The van der Waals surface area contributed by atoms with Crippen molar-refractivity contribution in [2.75, 3.05) is 0 Å². The number of alkyl halides is 3. The van der Waals surface area contributed by atoms with Crippen molar-refractivity contribution in [3.8, 4) is 0 Å². The Hall–Kier alpha value is -2.38. The molecule has 1 N–H and O–H groups in total. The van der Waals surface area contributed by atoms with Crippen molar-refractivity contribution in [1.82, 2.24) is 15.2 Å². The van der Waals surface area contributed by atoms with E-state index in [2.05, 4.69) is 15.2 Å². The Balaban J connectivity index is 1.72. The third-order valence-electron chi connectivity index (χ3n) is 4.43. The van der Waals surface area contributed by atoms with Crippen LogP contribution in [0.1, 0.15) is 28.6 Å². The van der Waals surface area contributed by atoms with Gasteiger partial charge in [0.1, 0.15) is 18.0 Å². The lowest BCUT2D eigenvalue weighted by molar-refractivity contribution is -0.137. The van der Waals surface area contributed by atoms with E-state index in [4.69, 9.17) is 16.3 Å². The minimum atomic E-state index is -4.41. The number of ether oxygens (including phenoxy) is 1. The Bertz CT molecular complexity index is 912. The first-order chi connectivity index (χ1) is 12.4. The van der Waals surface area contributed by atoms with Crippen molar-refractivity contribution in [3.05, 3.63) is 82.4 Å². The van der Waals surface area contributed by atoms with Crippen molar-refractivity contribution < 1.29 is 17.9 Å². The number of aromatic amines is 1. The van der Waals surface area contributed by atoms with Crippen LogP contribution in [0.15, 0.2) is 54.9 Å². The van der Waals surface area contributed by atoms with Crippen LogP contribution in [-0.4, -0.2) is 15.2 Å². The quantitative estimate of drug-likeness (QED) is 0.669. The summed E-state index contributed by atoms with van der Waals surface area (Å²) in [5, 5.41) is 7.25. The number of nitrogens with one attached hydrogen (secondary N) is 1. The molecule has 2 unspecified atom stereocenters. The average molecular weight is 380 g/mol. The largest absolute Gasteiger partial charge is 0.416 e. The van der Waals surface area contributed by atoms with Crippen molar-refractivity contribution in [2.24, 2.45) is 0 Å². The highest BCUT2D eigenvalue weighted by atomic mass is 35.5. The number of epoxide rings is 1. The fourth-order valence-corrected chi connectivity index (χ4v) is 3.26. The molecular formula is C18H13ClF3N3O. The van der Waals surface area contributed by atoms with Crippen molar-refractivity contribution in [1.29, 1.82) is 0 Å². The van der Waals surface area contributed by atoms with Gasteiger partial charge in [0.2, 0.25) is 0 Å². The normalized spacial score (nSPS) is 22.4. The highest BCUT2D eigenvalue weighted by Crippen LogP contribution is 2.59. The number of halogens is 4. The first kappa shape index (κ1) is 17.1. The number of hydrogen-bond acceptors (Lipinski definition) is 3. The van der Waals surface area contributed by atoms with Gasteiger partial charge in [-0.15, -0.1) is 0 Å². The van der Waals surface area contributed by atoms with Crippen molar-refractivity contribution in [2.45, 2.75) is 24.3 Å². The molecule has 1 aliphatic heterocycles. The van der Waals surface area contributed by atoms with E-state index in [9.17, 15) is 13.2 Å². The second-order valence-electron chi connectivity index (χ2n) is 6.11. The van der Waals surface area contributed by atoms with Crippen LogP contribution in [0.25, 0.3) is 0 Å². The van der Waals surface area contributed by atoms with Crippen LogP contribution >= 0.6 is 11.6 Å². The third kappa shape index (κ3) is 3.08. The summed E-state index contributed by atoms with van der Waals surface area (Å²) in [6.07, 6.45) is -3.15. The van der Waals surface area contributed by atoms with E-state index >= 15 is 0 Å². The predicted molar refractivity (Wildman–Crippen MR) is 88.5 cm³/mol.